The van der Waals surface area contributed by atoms with Gasteiger partial charge in [0, 0.05) is 32.7 Å². The lowest BCUT2D eigenvalue weighted by atomic mass is 9.97. The van der Waals surface area contributed by atoms with Gasteiger partial charge < -0.3 is 15.0 Å². The number of hydrogen-bond donors (Lipinski definition) is 1. The summed E-state index contributed by atoms with van der Waals surface area (Å²) in [6, 6.07) is 7.47. The van der Waals surface area contributed by atoms with E-state index in [9.17, 15) is 4.79 Å². The normalized spacial score (nSPS) is 18.6. The Morgan fingerprint density at radius 2 is 1.96 bits per heavy atom. The fraction of sp³-hybridized carbons (Fsp3) is 0.550. The Labute approximate surface area is 150 Å². The first-order valence-electron chi connectivity index (χ1n) is 9.35. The van der Waals surface area contributed by atoms with Crippen LogP contribution in [0.15, 0.2) is 35.9 Å². The number of carbonyl (C=O) groups excluding carboxylic acids is 1. The third-order valence-corrected chi connectivity index (χ3v) is 5.14. The summed E-state index contributed by atoms with van der Waals surface area (Å²) in [4.78, 5) is 16.8. The largest absolute Gasteiger partial charge is 0.495 e. The number of piperazine rings is 1. The van der Waals surface area contributed by atoms with Crippen LogP contribution in [0.3, 0.4) is 0 Å². The zero-order valence-corrected chi connectivity index (χ0v) is 15.2. The second kappa shape index (κ2) is 8.90. The Morgan fingerprint density at radius 1 is 1.16 bits per heavy atom. The number of nitrogens with one attached hydrogen (secondary N) is 1. The number of hydrogen-bond acceptors (Lipinski definition) is 3. The van der Waals surface area contributed by atoms with Gasteiger partial charge in [0.05, 0.1) is 12.8 Å². The zero-order valence-electron chi connectivity index (χ0n) is 15.2. The molecule has 1 N–H and O–H groups in total. The Morgan fingerprint density at radius 3 is 2.68 bits per heavy atom. The van der Waals surface area contributed by atoms with Crippen LogP contribution < -0.4 is 10.1 Å². The van der Waals surface area contributed by atoms with Crippen LogP contribution in [0.2, 0.25) is 0 Å². The molecule has 3 rings (SSSR count). The molecule has 2 aliphatic rings. The highest BCUT2D eigenvalue weighted by Crippen LogP contribution is 2.24. The maximum absolute atomic E-state index is 12.5. The summed E-state index contributed by atoms with van der Waals surface area (Å²) in [6.07, 6.45) is 8.85. The van der Waals surface area contributed by atoms with E-state index in [0.29, 0.717) is 5.75 Å². The summed E-state index contributed by atoms with van der Waals surface area (Å²) in [5, 5.41) is 2.96. The van der Waals surface area contributed by atoms with Crippen molar-refractivity contribution in [3.05, 3.63) is 35.9 Å². The number of para-hydroxylation sites is 2. The summed E-state index contributed by atoms with van der Waals surface area (Å²) in [5.74, 6) is 0.690. The third-order valence-electron chi connectivity index (χ3n) is 5.14. The van der Waals surface area contributed by atoms with Gasteiger partial charge in [-0.2, -0.15) is 0 Å². The van der Waals surface area contributed by atoms with Crippen LogP contribution in [0.4, 0.5) is 10.5 Å². The summed E-state index contributed by atoms with van der Waals surface area (Å²) >= 11 is 0. The monoisotopic (exact) mass is 343 g/mol. The van der Waals surface area contributed by atoms with Crippen molar-refractivity contribution in [2.45, 2.75) is 32.1 Å². The fourth-order valence-electron chi connectivity index (χ4n) is 3.55. The van der Waals surface area contributed by atoms with Crippen molar-refractivity contribution in [2.75, 3.05) is 45.2 Å². The number of carbonyl (C=O) groups is 1. The molecule has 1 aliphatic carbocycles. The predicted molar refractivity (Wildman–Crippen MR) is 101 cm³/mol. The van der Waals surface area contributed by atoms with Crippen LogP contribution in [0.5, 0.6) is 5.75 Å². The van der Waals surface area contributed by atoms with Gasteiger partial charge in [0.25, 0.3) is 0 Å². The molecule has 0 radical (unpaired) electrons. The van der Waals surface area contributed by atoms with E-state index >= 15 is 0 Å². The maximum Gasteiger partial charge on any atom is 0.322 e. The molecule has 0 spiro atoms. The molecule has 0 saturated carbocycles. The van der Waals surface area contributed by atoms with Crippen molar-refractivity contribution in [3.63, 3.8) is 0 Å². The Kier molecular flexibility index (Phi) is 6.34. The predicted octanol–water partition coefficient (Wildman–Crippen LogP) is 3.74. The van der Waals surface area contributed by atoms with Gasteiger partial charge in [-0.3, -0.25) is 4.90 Å². The molecule has 25 heavy (non-hydrogen) atoms. The molecule has 1 aromatic carbocycles. The molecule has 1 saturated heterocycles. The van der Waals surface area contributed by atoms with Crippen LogP contribution in [-0.4, -0.2) is 55.7 Å². The van der Waals surface area contributed by atoms with Crippen LogP contribution in [0.1, 0.15) is 32.1 Å². The number of rotatable bonds is 5. The van der Waals surface area contributed by atoms with E-state index in [-0.39, 0.29) is 6.03 Å². The first kappa shape index (κ1) is 17.8. The van der Waals surface area contributed by atoms with Gasteiger partial charge >= 0.3 is 6.03 Å². The minimum absolute atomic E-state index is 0.0425. The number of ether oxygens (including phenoxy) is 1. The van der Waals surface area contributed by atoms with Crippen molar-refractivity contribution in [1.82, 2.24) is 9.80 Å². The van der Waals surface area contributed by atoms with Crippen molar-refractivity contribution in [1.29, 1.82) is 0 Å². The van der Waals surface area contributed by atoms with Crippen LogP contribution in [0, 0.1) is 0 Å². The Balaban J connectivity index is 1.43. The lowest BCUT2D eigenvalue weighted by Crippen LogP contribution is -2.50. The van der Waals surface area contributed by atoms with Gasteiger partial charge in [-0.15, -0.1) is 0 Å². The van der Waals surface area contributed by atoms with Crippen LogP contribution in [-0.2, 0) is 0 Å². The van der Waals surface area contributed by atoms with E-state index in [2.05, 4.69) is 16.3 Å². The fourth-order valence-corrected chi connectivity index (χ4v) is 3.55. The second-order valence-electron chi connectivity index (χ2n) is 6.82. The smallest absolute Gasteiger partial charge is 0.322 e. The second-order valence-corrected chi connectivity index (χ2v) is 6.82. The number of anilines is 1. The Hall–Kier alpha value is -2.01. The number of nitrogens with zero attached hydrogens (tertiary/aromatic N) is 2. The average molecular weight is 343 g/mol. The van der Waals surface area contributed by atoms with Crippen molar-refractivity contribution < 1.29 is 9.53 Å². The molecule has 2 amide bonds. The highest BCUT2D eigenvalue weighted by atomic mass is 16.5. The first-order valence-corrected chi connectivity index (χ1v) is 9.35. The number of methoxy groups -OCH3 is 1. The van der Waals surface area contributed by atoms with E-state index in [0.717, 1.165) is 38.4 Å². The molecule has 1 fully saturated rings. The maximum atomic E-state index is 12.5. The highest BCUT2D eigenvalue weighted by molar-refractivity contribution is 5.91. The molecular formula is C20H29N3O2. The van der Waals surface area contributed by atoms with Crippen molar-refractivity contribution in [2.24, 2.45) is 0 Å². The summed E-state index contributed by atoms with van der Waals surface area (Å²) in [7, 11) is 1.62. The zero-order chi connectivity index (χ0) is 17.5. The van der Waals surface area contributed by atoms with Gasteiger partial charge in [0.15, 0.2) is 0 Å². The number of amides is 2. The Bertz CT molecular complexity index is 607. The van der Waals surface area contributed by atoms with Gasteiger partial charge in [-0.1, -0.05) is 23.8 Å². The molecule has 5 heteroatoms. The lowest BCUT2D eigenvalue weighted by Gasteiger charge is -2.35. The van der Waals surface area contributed by atoms with E-state index in [1.807, 2.05) is 29.2 Å². The average Bonchev–Trinajstić information content (AvgIpc) is 2.68. The molecule has 0 unspecified atom stereocenters. The third kappa shape index (κ3) is 4.98. The highest BCUT2D eigenvalue weighted by Gasteiger charge is 2.21. The standard InChI is InChI=1S/C20H29N3O2/c1-25-19-10-6-5-9-18(19)21-20(24)23-15-13-22(14-16-23)12-11-17-7-3-2-4-8-17/h5-7,9-10H,2-4,8,11-16H2,1H3,(H,21,24). The number of allylic oxidation sites excluding steroid dienone is 1. The van der Waals surface area contributed by atoms with Crippen LogP contribution >= 0.6 is 0 Å². The SMILES string of the molecule is COc1ccccc1NC(=O)N1CCN(CCC2=CCCCC2)CC1. The van der Waals surface area contributed by atoms with Crippen LogP contribution in [0.25, 0.3) is 0 Å². The van der Waals surface area contributed by atoms with Gasteiger partial charge in [-0.25, -0.2) is 4.79 Å². The summed E-state index contributed by atoms with van der Waals surface area (Å²) < 4.78 is 5.29. The molecule has 1 aromatic rings. The molecule has 136 valence electrons. The van der Waals surface area contributed by atoms with E-state index in [1.165, 1.54) is 32.1 Å². The quantitative estimate of drug-likeness (QED) is 0.829. The number of urea groups is 1. The molecule has 1 aliphatic heterocycles. The molecule has 1 heterocycles. The molecule has 0 bridgehead atoms. The van der Waals surface area contributed by atoms with Crippen molar-refractivity contribution >= 4 is 11.7 Å². The molecule has 0 aromatic heterocycles. The van der Waals surface area contributed by atoms with Gasteiger partial charge in [0.2, 0.25) is 0 Å². The van der Waals surface area contributed by atoms with E-state index in [1.54, 1.807) is 12.7 Å². The van der Waals surface area contributed by atoms with Gasteiger partial charge in [-0.05, 0) is 44.2 Å². The van der Waals surface area contributed by atoms with Crippen molar-refractivity contribution in [3.8, 4) is 5.75 Å². The first-order chi connectivity index (χ1) is 12.3. The minimum Gasteiger partial charge on any atom is -0.495 e. The van der Waals surface area contributed by atoms with E-state index in [4.69, 9.17) is 4.74 Å². The number of benzene rings is 1. The molecular weight excluding hydrogens is 314 g/mol. The van der Waals surface area contributed by atoms with E-state index < -0.39 is 0 Å². The van der Waals surface area contributed by atoms with Gasteiger partial charge in [0.1, 0.15) is 5.75 Å². The minimum atomic E-state index is -0.0425. The molecule has 5 nitrogen and oxygen atoms in total. The summed E-state index contributed by atoms with van der Waals surface area (Å²) in [6.45, 7) is 4.58. The topological polar surface area (TPSA) is 44.8 Å². The summed E-state index contributed by atoms with van der Waals surface area (Å²) in [5.41, 5.74) is 2.35. The molecule has 0 atom stereocenters. The lowest BCUT2D eigenvalue weighted by molar-refractivity contribution is 0.148.